The predicted octanol–water partition coefficient (Wildman–Crippen LogP) is 1.99. The molecular formula is C9H11NO. The molecule has 2 heteroatoms. The molecule has 0 bridgehead atoms. The van der Waals surface area contributed by atoms with Gasteiger partial charge in [0, 0.05) is 0 Å². The Morgan fingerprint density at radius 2 is 2.45 bits per heavy atom. The van der Waals surface area contributed by atoms with Crippen molar-refractivity contribution in [2.45, 2.75) is 25.8 Å². The third-order valence-corrected chi connectivity index (χ3v) is 2.14. The van der Waals surface area contributed by atoms with E-state index in [0.29, 0.717) is 0 Å². The Kier molecular flexibility index (Phi) is 2.06. The molecule has 11 heavy (non-hydrogen) atoms. The number of carbonyl (C=O) groups excluding carboxylic acids is 1. The first-order valence-corrected chi connectivity index (χ1v) is 3.62. The summed E-state index contributed by atoms with van der Waals surface area (Å²) in [5, 5.41) is 0. The highest BCUT2D eigenvalue weighted by Crippen LogP contribution is 2.27. The Balaban J connectivity index is 2.96. The fourth-order valence-electron chi connectivity index (χ4n) is 1.08. The molecule has 0 amide bonds. The molecule has 0 N–H and O–H groups in total. The Bertz CT molecular complexity index is 259. The molecule has 58 valence electrons. The van der Waals surface area contributed by atoms with Crippen LogP contribution in [0, 0.1) is 0 Å². The van der Waals surface area contributed by atoms with Crippen molar-refractivity contribution in [3.8, 4) is 0 Å². The van der Waals surface area contributed by atoms with E-state index in [1.807, 2.05) is 32.1 Å². The largest absolute Gasteiger partial charge is 0.235 e. The lowest BCUT2D eigenvalue weighted by atomic mass is 9.87. The van der Waals surface area contributed by atoms with Crippen LogP contribution in [-0.4, -0.2) is 11.6 Å². The van der Waals surface area contributed by atoms with E-state index in [1.54, 1.807) is 6.08 Å². The Hall–Kier alpha value is -1.14. The molecule has 0 radical (unpaired) electrons. The first-order chi connectivity index (χ1) is 5.19. The molecule has 1 aliphatic carbocycles. The Morgan fingerprint density at radius 3 is 3.00 bits per heavy atom. The Morgan fingerprint density at radius 1 is 1.73 bits per heavy atom. The number of isocyanates is 1. The zero-order valence-electron chi connectivity index (χ0n) is 6.79. The number of hydrogen-bond donors (Lipinski definition) is 0. The van der Waals surface area contributed by atoms with Crippen molar-refractivity contribution in [3.05, 3.63) is 23.8 Å². The number of allylic oxidation sites excluding steroid dienone is 2. The van der Waals surface area contributed by atoms with E-state index in [-0.39, 0.29) is 5.54 Å². The van der Waals surface area contributed by atoms with E-state index in [9.17, 15) is 4.79 Å². The van der Waals surface area contributed by atoms with Crippen LogP contribution in [0.3, 0.4) is 0 Å². The van der Waals surface area contributed by atoms with Crippen LogP contribution < -0.4 is 0 Å². The minimum atomic E-state index is -0.337. The van der Waals surface area contributed by atoms with Gasteiger partial charge >= 0.3 is 0 Å². The maximum atomic E-state index is 10.1. The molecule has 0 aliphatic heterocycles. The van der Waals surface area contributed by atoms with Gasteiger partial charge in [-0.05, 0) is 25.8 Å². The van der Waals surface area contributed by atoms with Crippen molar-refractivity contribution < 1.29 is 4.79 Å². The zero-order valence-corrected chi connectivity index (χ0v) is 6.79. The molecular weight excluding hydrogens is 138 g/mol. The van der Waals surface area contributed by atoms with Gasteiger partial charge in [0.15, 0.2) is 0 Å². The van der Waals surface area contributed by atoms with Gasteiger partial charge in [-0.15, -0.1) is 0 Å². The monoisotopic (exact) mass is 149 g/mol. The third-order valence-electron chi connectivity index (χ3n) is 2.14. The molecule has 1 unspecified atom stereocenters. The van der Waals surface area contributed by atoms with Crippen molar-refractivity contribution in [2.24, 2.45) is 4.99 Å². The van der Waals surface area contributed by atoms with E-state index in [1.165, 1.54) is 0 Å². The van der Waals surface area contributed by atoms with Crippen molar-refractivity contribution in [1.82, 2.24) is 0 Å². The fourth-order valence-corrected chi connectivity index (χ4v) is 1.08. The van der Waals surface area contributed by atoms with Gasteiger partial charge in [-0.1, -0.05) is 18.2 Å². The number of hydrogen-bond acceptors (Lipinski definition) is 2. The quantitative estimate of drug-likeness (QED) is 0.414. The minimum Gasteiger partial charge on any atom is -0.211 e. The molecule has 2 nitrogen and oxygen atoms in total. The zero-order chi connectivity index (χ0) is 8.32. The molecule has 0 fully saturated rings. The summed E-state index contributed by atoms with van der Waals surface area (Å²) in [6, 6.07) is 0. The van der Waals surface area contributed by atoms with Crippen molar-refractivity contribution in [2.75, 3.05) is 0 Å². The van der Waals surface area contributed by atoms with E-state index in [0.717, 1.165) is 12.0 Å². The van der Waals surface area contributed by atoms with Gasteiger partial charge in [-0.2, -0.15) is 4.99 Å². The average molecular weight is 149 g/mol. The molecule has 0 saturated heterocycles. The summed E-state index contributed by atoms with van der Waals surface area (Å²) in [5.74, 6) is 0. The van der Waals surface area contributed by atoms with E-state index >= 15 is 0 Å². The standard InChI is InChI=1S/C9H11NO/c1-8-5-3-4-6-9(8,2)10-7-11/h3-5H,6H2,1-2H3. The highest BCUT2D eigenvalue weighted by Gasteiger charge is 2.25. The van der Waals surface area contributed by atoms with Gasteiger partial charge in [0.05, 0.1) is 5.54 Å². The highest BCUT2D eigenvalue weighted by atomic mass is 16.1. The summed E-state index contributed by atoms with van der Waals surface area (Å²) >= 11 is 0. The summed E-state index contributed by atoms with van der Waals surface area (Å²) in [6.07, 6.45) is 8.37. The van der Waals surface area contributed by atoms with Crippen LogP contribution in [-0.2, 0) is 4.79 Å². The molecule has 0 spiro atoms. The van der Waals surface area contributed by atoms with Crippen molar-refractivity contribution >= 4 is 6.08 Å². The number of rotatable bonds is 1. The molecule has 0 aromatic rings. The van der Waals surface area contributed by atoms with Crippen LogP contribution in [0.15, 0.2) is 28.8 Å². The second-order valence-corrected chi connectivity index (χ2v) is 2.96. The molecule has 1 aliphatic rings. The highest BCUT2D eigenvalue weighted by molar-refractivity contribution is 5.39. The second-order valence-electron chi connectivity index (χ2n) is 2.96. The normalized spacial score (nSPS) is 29.1. The van der Waals surface area contributed by atoms with Gasteiger partial charge in [0.1, 0.15) is 0 Å². The van der Waals surface area contributed by atoms with E-state index in [2.05, 4.69) is 4.99 Å². The molecule has 1 rings (SSSR count). The second kappa shape index (κ2) is 2.85. The van der Waals surface area contributed by atoms with Gasteiger partial charge in [-0.25, -0.2) is 4.79 Å². The summed E-state index contributed by atoms with van der Waals surface area (Å²) in [5.41, 5.74) is 0.777. The van der Waals surface area contributed by atoms with Crippen LogP contribution in [0.2, 0.25) is 0 Å². The summed E-state index contributed by atoms with van der Waals surface area (Å²) in [7, 11) is 0. The summed E-state index contributed by atoms with van der Waals surface area (Å²) < 4.78 is 0. The van der Waals surface area contributed by atoms with Crippen LogP contribution >= 0.6 is 0 Å². The maximum absolute atomic E-state index is 10.1. The molecule has 0 heterocycles. The van der Waals surface area contributed by atoms with Crippen LogP contribution in [0.5, 0.6) is 0 Å². The Labute approximate surface area is 66.3 Å². The van der Waals surface area contributed by atoms with Gasteiger partial charge in [0.2, 0.25) is 6.08 Å². The third kappa shape index (κ3) is 1.47. The van der Waals surface area contributed by atoms with E-state index in [4.69, 9.17) is 0 Å². The minimum absolute atomic E-state index is 0.337. The van der Waals surface area contributed by atoms with Gasteiger partial charge in [-0.3, -0.25) is 0 Å². The topological polar surface area (TPSA) is 29.4 Å². The first kappa shape index (κ1) is 7.96. The lowest BCUT2D eigenvalue weighted by Gasteiger charge is -2.24. The molecule has 1 atom stereocenters. The van der Waals surface area contributed by atoms with Gasteiger partial charge < -0.3 is 0 Å². The average Bonchev–Trinajstić information content (AvgIpc) is 1.96. The first-order valence-electron chi connectivity index (χ1n) is 3.62. The number of nitrogens with zero attached hydrogens (tertiary/aromatic N) is 1. The van der Waals surface area contributed by atoms with Crippen molar-refractivity contribution in [1.29, 1.82) is 0 Å². The smallest absolute Gasteiger partial charge is 0.211 e. The SMILES string of the molecule is CC1=CC=CCC1(C)N=C=O. The number of aliphatic imine (C=N–C) groups is 1. The van der Waals surface area contributed by atoms with Crippen LogP contribution in [0.25, 0.3) is 0 Å². The summed E-state index contributed by atoms with van der Waals surface area (Å²) in [6.45, 7) is 3.91. The van der Waals surface area contributed by atoms with Crippen LogP contribution in [0.4, 0.5) is 0 Å². The lowest BCUT2D eigenvalue weighted by molar-refractivity contribution is 0.523. The summed E-state index contributed by atoms with van der Waals surface area (Å²) in [4.78, 5) is 13.9. The van der Waals surface area contributed by atoms with Gasteiger partial charge in [0.25, 0.3) is 0 Å². The predicted molar refractivity (Wildman–Crippen MR) is 44.0 cm³/mol. The maximum Gasteiger partial charge on any atom is 0.235 e. The van der Waals surface area contributed by atoms with E-state index < -0.39 is 0 Å². The molecule has 0 aromatic carbocycles. The molecule has 0 saturated carbocycles. The van der Waals surface area contributed by atoms with Crippen LogP contribution in [0.1, 0.15) is 20.3 Å². The van der Waals surface area contributed by atoms with Crippen molar-refractivity contribution in [3.63, 3.8) is 0 Å². The molecule has 0 aromatic heterocycles. The fraction of sp³-hybridized carbons (Fsp3) is 0.444. The lowest BCUT2D eigenvalue weighted by Crippen LogP contribution is -2.23.